The van der Waals surface area contributed by atoms with Gasteiger partial charge in [-0.2, -0.15) is 13.2 Å². The molecule has 1 unspecified atom stereocenters. The van der Waals surface area contributed by atoms with Crippen molar-refractivity contribution in [1.82, 2.24) is 5.32 Å². The largest absolute Gasteiger partial charge is 0.416 e. The van der Waals surface area contributed by atoms with E-state index in [9.17, 15) is 17.6 Å². The molecule has 0 fully saturated rings. The summed E-state index contributed by atoms with van der Waals surface area (Å²) in [4.78, 5) is 0. The molecular formula is C11H13F4N. The Morgan fingerprint density at radius 2 is 1.94 bits per heavy atom. The first-order chi connectivity index (χ1) is 7.40. The van der Waals surface area contributed by atoms with Crippen LogP contribution in [0.3, 0.4) is 0 Å². The van der Waals surface area contributed by atoms with Crippen LogP contribution in [0.1, 0.15) is 30.5 Å². The summed E-state index contributed by atoms with van der Waals surface area (Å²) in [7, 11) is 1.59. The summed E-state index contributed by atoms with van der Waals surface area (Å²) in [5.74, 6) is -0.616. The Kier molecular flexibility index (Phi) is 3.91. The molecule has 0 amide bonds. The molecule has 1 aromatic rings. The molecule has 0 aliphatic heterocycles. The Morgan fingerprint density at radius 3 is 2.38 bits per heavy atom. The third kappa shape index (κ3) is 2.72. The third-order valence-corrected chi connectivity index (χ3v) is 2.46. The molecule has 0 heterocycles. The predicted octanol–water partition coefficient (Wildman–Crippen LogP) is 3.52. The van der Waals surface area contributed by atoms with E-state index in [1.54, 1.807) is 14.0 Å². The normalized spacial score (nSPS) is 13.9. The highest BCUT2D eigenvalue weighted by Crippen LogP contribution is 2.32. The molecule has 0 radical (unpaired) electrons. The number of hydrogen-bond donors (Lipinski definition) is 1. The zero-order valence-electron chi connectivity index (χ0n) is 9.03. The molecule has 0 aliphatic carbocycles. The molecule has 90 valence electrons. The number of hydrogen-bond acceptors (Lipinski definition) is 1. The molecule has 0 aromatic heterocycles. The summed E-state index contributed by atoms with van der Waals surface area (Å²) in [6, 6.07) is 2.07. The van der Waals surface area contributed by atoms with Crippen molar-refractivity contribution in [2.24, 2.45) is 0 Å². The summed E-state index contributed by atoms with van der Waals surface area (Å²) in [6.45, 7) is 1.78. The van der Waals surface area contributed by atoms with Gasteiger partial charge in [0.1, 0.15) is 5.82 Å². The Hall–Kier alpha value is -1.10. The number of nitrogens with one attached hydrogen (secondary N) is 1. The minimum absolute atomic E-state index is 0.0554. The van der Waals surface area contributed by atoms with Crippen molar-refractivity contribution in [3.63, 3.8) is 0 Å². The van der Waals surface area contributed by atoms with Gasteiger partial charge in [0.15, 0.2) is 0 Å². The molecule has 1 nitrogen and oxygen atoms in total. The highest BCUT2D eigenvalue weighted by atomic mass is 19.4. The number of halogens is 4. The van der Waals surface area contributed by atoms with Gasteiger partial charge in [0.25, 0.3) is 0 Å². The summed E-state index contributed by atoms with van der Waals surface area (Å²) < 4.78 is 50.7. The number of benzene rings is 1. The van der Waals surface area contributed by atoms with Crippen LogP contribution in [0, 0.1) is 5.82 Å². The highest BCUT2D eigenvalue weighted by molar-refractivity contribution is 5.29. The van der Waals surface area contributed by atoms with Crippen LogP contribution >= 0.6 is 0 Å². The quantitative estimate of drug-likeness (QED) is 0.790. The molecule has 5 heteroatoms. The number of rotatable bonds is 3. The standard InChI is InChI=1S/C11H13F4N/c1-3-10(16-2)8-6-7(11(13,14)15)4-5-9(8)12/h4-6,10,16H,3H2,1-2H3. The van der Waals surface area contributed by atoms with Crippen molar-refractivity contribution in [3.8, 4) is 0 Å². The first-order valence-corrected chi connectivity index (χ1v) is 4.94. The van der Waals surface area contributed by atoms with Crippen molar-refractivity contribution in [2.75, 3.05) is 7.05 Å². The second kappa shape index (κ2) is 4.82. The Balaban J connectivity index is 3.18. The molecule has 16 heavy (non-hydrogen) atoms. The average molecular weight is 235 g/mol. The molecule has 0 bridgehead atoms. The molecule has 1 aromatic carbocycles. The maximum Gasteiger partial charge on any atom is 0.416 e. The van der Waals surface area contributed by atoms with Gasteiger partial charge in [-0.15, -0.1) is 0 Å². The molecule has 0 spiro atoms. The van der Waals surface area contributed by atoms with Crippen LogP contribution in [0.2, 0.25) is 0 Å². The fourth-order valence-corrected chi connectivity index (χ4v) is 1.57. The van der Waals surface area contributed by atoms with Crippen LogP contribution in [0.4, 0.5) is 17.6 Å². The highest BCUT2D eigenvalue weighted by Gasteiger charge is 2.31. The van der Waals surface area contributed by atoms with E-state index in [-0.39, 0.29) is 5.56 Å². The molecule has 1 atom stereocenters. The van der Waals surface area contributed by atoms with E-state index >= 15 is 0 Å². The Morgan fingerprint density at radius 1 is 1.31 bits per heavy atom. The van der Waals surface area contributed by atoms with Gasteiger partial charge in [0, 0.05) is 11.6 Å². The van der Waals surface area contributed by atoms with Crippen LogP contribution in [-0.2, 0) is 6.18 Å². The van der Waals surface area contributed by atoms with Crippen LogP contribution in [-0.4, -0.2) is 7.05 Å². The summed E-state index contributed by atoms with van der Waals surface area (Å²) >= 11 is 0. The van der Waals surface area contributed by atoms with Crippen LogP contribution in [0.25, 0.3) is 0 Å². The van der Waals surface area contributed by atoms with Gasteiger partial charge < -0.3 is 5.32 Å². The third-order valence-electron chi connectivity index (χ3n) is 2.46. The first-order valence-electron chi connectivity index (χ1n) is 4.94. The average Bonchev–Trinajstić information content (AvgIpc) is 2.20. The lowest BCUT2D eigenvalue weighted by molar-refractivity contribution is -0.137. The maximum absolute atomic E-state index is 13.4. The lowest BCUT2D eigenvalue weighted by Gasteiger charge is -2.17. The van der Waals surface area contributed by atoms with Crippen LogP contribution in [0.15, 0.2) is 18.2 Å². The van der Waals surface area contributed by atoms with Gasteiger partial charge in [0.2, 0.25) is 0 Å². The zero-order valence-corrected chi connectivity index (χ0v) is 9.03. The zero-order chi connectivity index (χ0) is 12.3. The SMILES string of the molecule is CCC(NC)c1cc(C(F)(F)F)ccc1F. The minimum Gasteiger partial charge on any atom is -0.313 e. The van der Waals surface area contributed by atoms with Crippen molar-refractivity contribution in [1.29, 1.82) is 0 Å². The lowest BCUT2D eigenvalue weighted by Crippen LogP contribution is -2.18. The fourth-order valence-electron chi connectivity index (χ4n) is 1.57. The number of alkyl halides is 3. The van der Waals surface area contributed by atoms with E-state index < -0.39 is 23.6 Å². The second-order valence-electron chi connectivity index (χ2n) is 3.48. The van der Waals surface area contributed by atoms with E-state index in [0.29, 0.717) is 6.42 Å². The first kappa shape index (κ1) is 13.0. The lowest BCUT2D eigenvalue weighted by atomic mass is 10.0. The second-order valence-corrected chi connectivity index (χ2v) is 3.48. The van der Waals surface area contributed by atoms with Gasteiger partial charge in [-0.3, -0.25) is 0 Å². The molecule has 0 saturated heterocycles. The molecular weight excluding hydrogens is 222 g/mol. The van der Waals surface area contributed by atoms with Gasteiger partial charge in [-0.25, -0.2) is 4.39 Å². The minimum atomic E-state index is -4.44. The van der Waals surface area contributed by atoms with Gasteiger partial charge in [-0.05, 0) is 31.7 Å². The monoisotopic (exact) mass is 235 g/mol. The molecule has 1 N–H and O–H groups in total. The van der Waals surface area contributed by atoms with Crippen LogP contribution < -0.4 is 5.32 Å². The van der Waals surface area contributed by atoms with Crippen molar-refractivity contribution < 1.29 is 17.6 Å². The van der Waals surface area contributed by atoms with Gasteiger partial charge in [-0.1, -0.05) is 6.92 Å². The summed E-state index contributed by atoms with van der Waals surface area (Å²) in [6.07, 6.45) is -3.91. The van der Waals surface area contributed by atoms with E-state index in [1.165, 1.54) is 0 Å². The maximum atomic E-state index is 13.4. The summed E-state index contributed by atoms with van der Waals surface area (Å²) in [5, 5.41) is 2.78. The van der Waals surface area contributed by atoms with Crippen molar-refractivity contribution in [2.45, 2.75) is 25.6 Å². The van der Waals surface area contributed by atoms with Gasteiger partial charge in [0.05, 0.1) is 5.56 Å². The van der Waals surface area contributed by atoms with E-state index in [1.807, 2.05) is 0 Å². The Bertz CT molecular complexity index is 355. The topological polar surface area (TPSA) is 12.0 Å². The molecule has 0 aliphatic rings. The van der Waals surface area contributed by atoms with Crippen LogP contribution in [0.5, 0.6) is 0 Å². The Labute approximate surface area is 91.5 Å². The smallest absolute Gasteiger partial charge is 0.313 e. The van der Waals surface area contributed by atoms with Gasteiger partial charge >= 0.3 is 6.18 Å². The van der Waals surface area contributed by atoms with Crippen molar-refractivity contribution in [3.05, 3.63) is 35.1 Å². The molecule has 0 saturated carbocycles. The predicted molar refractivity (Wildman–Crippen MR) is 53.5 cm³/mol. The van der Waals surface area contributed by atoms with E-state index in [4.69, 9.17) is 0 Å². The van der Waals surface area contributed by atoms with Crippen molar-refractivity contribution >= 4 is 0 Å². The molecule has 1 rings (SSSR count). The summed E-state index contributed by atoms with van der Waals surface area (Å²) in [5.41, 5.74) is -0.766. The van der Waals surface area contributed by atoms with E-state index in [0.717, 1.165) is 18.2 Å². The fraction of sp³-hybridized carbons (Fsp3) is 0.455. The van der Waals surface area contributed by atoms with E-state index in [2.05, 4.69) is 5.32 Å².